The van der Waals surface area contributed by atoms with Crippen molar-refractivity contribution in [3.8, 4) is 0 Å². The van der Waals surface area contributed by atoms with Crippen LogP contribution in [0.15, 0.2) is 30.3 Å². The average Bonchev–Trinajstić information content (AvgIpc) is 2.52. The van der Waals surface area contributed by atoms with Crippen molar-refractivity contribution in [2.45, 2.75) is 45.6 Å². The van der Waals surface area contributed by atoms with Gasteiger partial charge in [-0.1, -0.05) is 30.3 Å². The standard InChI is InChI=1S/C17H25N3O3/c1-12-10-20(11-13(2)23-12)14(3)16(21)19-17(22)18-9-15-7-5-4-6-8-15/h4-8,12-14H,9-11H2,1-3H3,(H2,18,19,21,22)/t12-,13+,14-/m1/s1. The maximum atomic E-state index is 12.2. The van der Waals surface area contributed by atoms with Crippen LogP contribution in [-0.2, 0) is 16.1 Å². The van der Waals surface area contributed by atoms with E-state index in [1.807, 2.05) is 56.0 Å². The van der Waals surface area contributed by atoms with Crippen LogP contribution >= 0.6 is 0 Å². The minimum Gasteiger partial charge on any atom is -0.373 e. The van der Waals surface area contributed by atoms with Gasteiger partial charge in [0.05, 0.1) is 18.2 Å². The van der Waals surface area contributed by atoms with Gasteiger partial charge >= 0.3 is 6.03 Å². The molecule has 3 atom stereocenters. The van der Waals surface area contributed by atoms with Crippen molar-refractivity contribution < 1.29 is 14.3 Å². The highest BCUT2D eigenvalue weighted by molar-refractivity contribution is 5.96. The smallest absolute Gasteiger partial charge is 0.321 e. The summed E-state index contributed by atoms with van der Waals surface area (Å²) in [6.07, 6.45) is 0.168. The number of rotatable bonds is 4. The van der Waals surface area contributed by atoms with Gasteiger partial charge in [-0.3, -0.25) is 15.0 Å². The molecule has 0 aromatic heterocycles. The molecule has 0 radical (unpaired) electrons. The zero-order valence-corrected chi connectivity index (χ0v) is 13.9. The molecule has 1 aromatic rings. The number of nitrogens with zero attached hydrogens (tertiary/aromatic N) is 1. The SMILES string of the molecule is C[C@@H]1CN([C@H](C)C(=O)NC(=O)NCc2ccccc2)C[C@H](C)O1. The molecule has 6 nitrogen and oxygen atoms in total. The van der Waals surface area contributed by atoms with Crippen LogP contribution in [0.5, 0.6) is 0 Å². The number of hydrogen-bond donors (Lipinski definition) is 2. The monoisotopic (exact) mass is 319 g/mol. The first-order chi connectivity index (χ1) is 11.0. The summed E-state index contributed by atoms with van der Waals surface area (Å²) in [5, 5.41) is 5.10. The number of morpholine rings is 1. The highest BCUT2D eigenvalue weighted by Gasteiger charge is 2.29. The van der Waals surface area contributed by atoms with Crippen molar-refractivity contribution >= 4 is 11.9 Å². The number of carbonyl (C=O) groups is 2. The molecular formula is C17H25N3O3. The topological polar surface area (TPSA) is 70.7 Å². The number of urea groups is 1. The molecule has 0 spiro atoms. The fourth-order valence-corrected chi connectivity index (χ4v) is 2.74. The van der Waals surface area contributed by atoms with Crippen molar-refractivity contribution in [3.05, 3.63) is 35.9 Å². The fourth-order valence-electron chi connectivity index (χ4n) is 2.74. The van der Waals surface area contributed by atoms with Crippen molar-refractivity contribution in [2.24, 2.45) is 0 Å². The second-order valence-electron chi connectivity index (χ2n) is 6.04. The molecule has 1 aliphatic rings. The van der Waals surface area contributed by atoms with Crippen LogP contribution in [0.3, 0.4) is 0 Å². The van der Waals surface area contributed by atoms with Gasteiger partial charge in [0.2, 0.25) is 5.91 Å². The number of amides is 3. The van der Waals surface area contributed by atoms with Gasteiger partial charge in [0.15, 0.2) is 0 Å². The lowest BCUT2D eigenvalue weighted by molar-refractivity contribution is -0.130. The Balaban J connectivity index is 1.79. The minimum absolute atomic E-state index is 0.0842. The molecule has 0 unspecified atom stereocenters. The van der Waals surface area contributed by atoms with E-state index < -0.39 is 6.03 Å². The third-order valence-electron chi connectivity index (χ3n) is 3.91. The predicted octanol–water partition coefficient (Wildman–Crippen LogP) is 1.51. The van der Waals surface area contributed by atoms with E-state index in [9.17, 15) is 9.59 Å². The zero-order valence-electron chi connectivity index (χ0n) is 13.9. The van der Waals surface area contributed by atoms with Crippen LogP contribution in [0.1, 0.15) is 26.3 Å². The average molecular weight is 319 g/mol. The Labute approximate surface area is 137 Å². The fraction of sp³-hybridized carbons (Fsp3) is 0.529. The predicted molar refractivity (Wildman–Crippen MR) is 87.9 cm³/mol. The molecule has 1 heterocycles. The third kappa shape index (κ3) is 5.33. The molecule has 0 aliphatic carbocycles. The summed E-state index contributed by atoms with van der Waals surface area (Å²) in [6.45, 7) is 7.54. The third-order valence-corrected chi connectivity index (χ3v) is 3.91. The highest BCUT2D eigenvalue weighted by Crippen LogP contribution is 2.13. The Kier molecular flexibility index (Phi) is 6.12. The van der Waals surface area contributed by atoms with E-state index >= 15 is 0 Å². The van der Waals surface area contributed by atoms with Crippen LogP contribution in [0.25, 0.3) is 0 Å². The summed E-state index contributed by atoms with van der Waals surface area (Å²) in [5.41, 5.74) is 0.985. The van der Waals surface area contributed by atoms with E-state index in [0.29, 0.717) is 19.6 Å². The highest BCUT2D eigenvalue weighted by atomic mass is 16.5. The van der Waals surface area contributed by atoms with E-state index in [0.717, 1.165) is 5.56 Å². The van der Waals surface area contributed by atoms with E-state index in [1.165, 1.54) is 0 Å². The van der Waals surface area contributed by atoms with E-state index in [1.54, 1.807) is 0 Å². The Morgan fingerprint density at radius 2 is 1.83 bits per heavy atom. The lowest BCUT2D eigenvalue weighted by Crippen LogP contribution is -2.55. The Morgan fingerprint density at radius 1 is 1.22 bits per heavy atom. The van der Waals surface area contributed by atoms with E-state index in [4.69, 9.17) is 4.74 Å². The van der Waals surface area contributed by atoms with Crippen LogP contribution in [-0.4, -0.2) is 48.2 Å². The summed E-state index contributed by atoms with van der Waals surface area (Å²) < 4.78 is 5.66. The second kappa shape index (κ2) is 8.08. The van der Waals surface area contributed by atoms with Crippen LogP contribution in [0.2, 0.25) is 0 Å². The first kappa shape index (κ1) is 17.4. The molecule has 1 fully saturated rings. The number of hydrogen-bond acceptors (Lipinski definition) is 4. The number of nitrogens with one attached hydrogen (secondary N) is 2. The first-order valence-electron chi connectivity index (χ1n) is 7.98. The molecule has 23 heavy (non-hydrogen) atoms. The first-order valence-corrected chi connectivity index (χ1v) is 7.98. The molecule has 3 amide bonds. The molecular weight excluding hydrogens is 294 g/mol. The molecule has 2 N–H and O–H groups in total. The summed E-state index contributed by atoms with van der Waals surface area (Å²) >= 11 is 0. The quantitative estimate of drug-likeness (QED) is 0.882. The van der Waals surface area contributed by atoms with Crippen molar-refractivity contribution in [3.63, 3.8) is 0 Å². The maximum absolute atomic E-state index is 12.2. The van der Waals surface area contributed by atoms with Crippen molar-refractivity contribution in [1.82, 2.24) is 15.5 Å². The van der Waals surface area contributed by atoms with Crippen LogP contribution in [0.4, 0.5) is 4.79 Å². The summed E-state index contributed by atoms with van der Waals surface area (Å²) in [5.74, 6) is -0.295. The summed E-state index contributed by atoms with van der Waals surface area (Å²) in [6, 6.07) is 8.72. The Bertz CT molecular complexity index is 525. The summed E-state index contributed by atoms with van der Waals surface area (Å²) in [7, 11) is 0. The van der Waals surface area contributed by atoms with E-state index in [-0.39, 0.29) is 24.2 Å². The molecule has 6 heteroatoms. The number of ether oxygens (including phenoxy) is 1. The maximum Gasteiger partial charge on any atom is 0.321 e. The van der Waals surface area contributed by atoms with E-state index in [2.05, 4.69) is 10.6 Å². The number of imide groups is 1. The van der Waals surface area contributed by atoms with Crippen molar-refractivity contribution in [1.29, 1.82) is 0 Å². The van der Waals surface area contributed by atoms with Gasteiger partial charge < -0.3 is 10.1 Å². The van der Waals surface area contributed by atoms with Gasteiger partial charge in [-0.05, 0) is 26.3 Å². The van der Waals surface area contributed by atoms with Gasteiger partial charge in [-0.25, -0.2) is 4.79 Å². The second-order valence-corrected chi connectivity index (χ2v) is 6.04. The van der Waals surface area contributed by atoms with Gasteiger partial charge in [-0.15, -0.1) is 0 Å². The largest absolute Gasteiger partial charge is 0.373 e. The molecule has 126 valence electrons. The van der Waals surface area contributed by atoms with Crippen LogP contribution < -0.4 is 10.6 Å². The molecule has 1 aliphatic heterocycles. The molecule has 0 saturated carbocycles. The number of benzene rings is 1. The summed E-state index contributed by atoms with van der Waals surface area (Å²) in [4.78, 5) is 26.1. The normalized spacial score (nSPS) is 23.1. The zero-order chi connectivity index (χ0) is 16.8. The Hall–Kier alpha value is -1.92. The molecule has 0 bridgehead atoms. The van der Waals surface area contributed by atoms with Gasteiger partial charge in [0.1, 0.15) is 0 Å². The van der Waals surface area contributed by atoms with Gasteiger partial charge in [0, 0.05) is 19.6 Å². The number of carbonyl (C=O) groups excluding carboxylic acids is 2. The lowest BCUT2D eigenvalue weighted by Gasteiger charge is -2.38. The van der Waals surface area contributed by atoms with Gasteiger partial charge in [-0.2, -0.15) is 0 Å². The lowest BCUT2D eigenvalue weighted by atomic mass is 10.1. The molecule has 2 rings (SSSR count). The van der Waals surface area contributed by atoms with Crippen LogP contribution in [0, 0.1) is 0 Å². The Morgan fingerprint density at radius 3 is 2.43 bits per heavy atom. The van der Waals surface area contributed by atoms with Gasteiger partial charge in [0.25, 0.3) is 0 Å². The molecule has 1 saturated heterocycles. The molecule has 1 aromatic carbocycles. The minimum atomic E-state index is -0.472. The van der Waals surface area contributed by atoms with Crippen molar-refractivity contribution in [2.75, 3.05) is 13.1 Å².